The van der Waals surface area contributed by atoms with E-state index in [0.717, 1.165) is 0 Å². The van der Waals surface area contributed by atoms with E-state index in [1.165, 1.54) is 71.5 Å². The molecule has 0 aliphatic heterocycles. The van der Waals surface area contributed by atoms with Crippen LogP contribution < -0.4 is 0 Å². The lowest BCUT2D eigenvalue weighted by Crippen LogP contribution is -1.84. The van der Waals surface area contributed by atoms with Crippen LogP contribution in [0.15, 0.2) is 140 Å². The fraction of sp³-hybridized carbons (Fsp3) is 0. The van der Waals surface area contributed by atoms with Gasteiger partial charge in [-0.2, -0.15) is 0 Å². The second kappa shape index (κ2) is 7.81. The van der Waals surface area contributed by atoms with Gasteiger partial charge in [-0.05, 0) is 63.7 Å². The van der Waals surface area contributed by atoms with E-state index in [4.69, 9.17) is 0 Å². The molecule has 8 aromatic rings. The molecule has 0 N–H and O–H groups in total. The Hall–Kier alpha value is -4.88. The largest absolute Gasteiger partial charge is 0.308 e. The number of hydrogen-bond donors (Lipinski definition) is 0. The van der Waals surface area contributed by atoms with Crippen molar-refractivity contribution in [1.29, 1.82) is 0 Å². The third kappa shape index (κ3) is 3.04. The molecule has 0 atom stereocenters. The van der Waals surface area contributed by atoms with Crippen LogP contribution in [0.5, 0.6) is 0 Å². The van der Waals surface area contributed by atoms with Crippen LogP contribution in [0.2, 0.25) is 0 Å². The van der Waals surface area contributed by atoms with Crippen LogP contribution in [0, 0.1) is 0 Å². The number of aromatic nitrogens is 1. The predicted molar refractivity (Wildman–Crippen MR) is 157 cm³/mol. The summed E-state index contributed by atoms with van der Waals surface area (Å²) in [6.45, 7) is 0. The van der Waals surface area contributed by atoms with E-state index in [2.05, 4.69) is 144 Å². The van der Waals surface area contributed by atoms with Gasteiger partial charge in [-0.3, -0.25) is 0 Å². The molecule has 37 heavy (non-hydrogen) atoms. The summed E-state index contributed by atoms with van der Waals surface area (Å²) < 4.78 is 2.44. The minimum absolute atomic E-state index is 1.23. The molecule has 0 radical (unpaired) electrons. The topological polar surface area (TPSA) is 4.41 Å². The molecule has 2 aromatic heterocycles. The van der Waals surface area contributed by atoms with Crippen LogP contribution in [0.4, 0.5) is 0 Å². The fourth-order valence-electron chi connectivity index (χ4n) is 6.00. The molecule has 0 aliphatic carbocycles. The van der Waals surface area contributed by atoms with Gasteiger partial charge in [-0.15, -0.1) is 0 Å². The first-order valence-corrected chi connectivity index (χ1v) is 12.8. The summed E-state index contributed by atoms with van der Waals surface area (Å²) in [7, 11) is 0. The average Bonchev–Trinajstić information content (AvgIpc) is 3.50. The fourth-order valence-corrected chi connectivity index (χ4v) is 6.00. The Balaban J connectivity index is 1.28. The van der Waals surface area contributed by atoms with Gasteiger partial charge in [0, 0.05) is 21.5 Å². The normalized spacial score (nSPS) is 11.8. The zero-order valence-electron chi connectivity index (χ0n) is 20.2. The maximum Gasteiger partial charge on any atom is 0.0620 e. The van der Waals surface area contributed by atoms with Crippen molar-refractivity contribution in [2.45, 2.75) is 0 Å². The second-order valence-electron chi connectivity index (χ2n) is 9.81. The van der Waals surface area contributed by atoms with Gasteiger partial charge in [-0.1, -0.05) is 109 Å². The first kappa shape index (κ1) is 20.3. The molecule has 172 valence electrons. The Morgan fingerprint density at radius 3 is 1.51 bits per heavy atom. The smallest absolute Gasteiger partial charge is 0.0620 e. The quantitative estimate of drug-likeness (QED) is 0.242. The van der Waals surface area contributed by atoms with Crippen LogP contribution in [0.25, 0.3) is 71.5 Å². The highest BCUT2D eigenvalue weighted by atomic mass is 14.9. The number of rotatable bonds is 3. The Morgan fingerprint density at radius 1 is 0.297 bits per heavy atom. The summed E-state index contributed by atoms with van der Waals surface area (Å²) >= 11 is 0. The van der Waals surface area contributed by atoms with E-state index in [-0.39, 0.29) is 0 Å². The zero-order chi connectivity index (χ0) is 24.3. The third-order valence-corrected chi connectivity index (χ3v) is 7.72. The zero-order valence-corrected chi connectivity index (χ0v) is 20.2. The SMILES string of the molecule is c1ccc(-c2cccc(-c3cccc(-c4ccc5c(c4)c4cccc6c7ccccc7n5c64)c3)c2)cc1. The van der Waals surface area contributed by atoms with Crippen molar-refractivity contribution in [3.8, 4) is 33.4 Å². The van der Waals surface area contributed by atoms with Gasteiger partial charge in [0.1, 0.15) is 0 Å². The number of nitrogens with zero attached hydrogens (tertiary/aromatic N) is 1. The van der Waals surface area contributed by atoms with Gasteiger partial charge < -0.3 is 4.40 Å². The van der Waals surface area contributed by atoms with Crippen molar-refractivity contribution in [3.63, 3.8) is 0 Å². The van der Waals surface area contributed by atoms with Crippen LogP contribution >= 0.6 is 0 Å². The molecule has 0 unspecified atom stereocenters. The first-order chi connectivity index (χ1) is 18.3. The highest BCUT2D eigenvalue weighted by Gasteiger charge is 2.17. The summed E-state index contributed by atoms with van der Waals surface area (Å²) in [5, 5.41) is 5.27. The van der Waals surface area contributed by atoms with E-state index >= 15 is 0 Å². The second-order valence-corrected chi connectivity index (χ2v) is 9.81. The molecule has 1 heteroatoms. The monoisotopic (exact) mass is 469 g/mol. The van der Waals surface area contributed by atoms with Crippen molar-refractivity contribution in [2.75, 3.05) is 0 Å². The van der Waals surface area contributed by atoms with Crippen molar-refractivity contribution in [2.24, 2.45) is 0 Å². The van der Waals surface area contributed by atoms with Gasteiger partial charge in [-0.25, -0.2) is 0 Å². The lowest BCUT2D eigenvalue weighted by Gasteiger charge is -2.09. The number of para-hydroxylation sites is 2. The summed E-state index contributed by atoms with van der Waals surface area (Å²) in [5.74, 6) is 0. The predicted octanol–water partition coefficient (Wildman–Crippen LogP) is 9.84. The van der Waals surface area contributed by atoms with Gasteiger partial charge in [0.15, 0.2) is 0 Å². The molecule has 0 aliphatic rings. The van der Waals surface area contributed by atoms with Crippen LogP contribution in [-0.4, -0.2) is 4.40 Å². The van der Waals surface area contributed by atoms with Crippen molar-refractivity contribution in [3.05, 3.63) is 140 Å². The molecule has 0 spiro atoms. The third-order valence-electron chi connectivity index (χ3n) is 7.72. The average molecular weight is 470 g/mol. The number of hydrogen-bond acceptors (Lipinski definition) is 0. The van der Waals surface area contributed by atoms with E-state index in [1.807, 2.05) is 0 Å². The van der Waals surface area contributed by atoms with Gasteiger partial charge in [0.25, 0.3) is 0 Å². The Bertz CT molecular complexity index is 2080. The minimum Gasteiger partial charge on any atom is -0.308 e. The molecule has 0 amide bonds. The molecule has 2 heterocycles. The highest BCUT2D eigenvalue weighted by Crippen LogP contribution is 2.40. The standard InChI is InChI=1S/C36H23N/c1-2-9-24(10-3-1)25-11-6-12-26(21-25)27-13-7-14-28(22-27)29-19-20-35-33(23-29)32-17-8-16-31-30-15-4-5-18-34(30)37(35)36(31)32/h1-23H. The number of fused-ring (bicyclic) bond motifs is 6. The molecular weight excluding hydrogens is 446 g/mol. The van der Waals surface area contributed by atoms with E-state index < -0.39 is 0 Å². The molecule has 1 nitrogen and oxygen atoms in total. The van der Waals surface area contributed by atoms with Crippen molar-refractivity contribution < 1.29 is 0 Å². The Labute approximate surface area is 215 Å². The van der Waals surface area contributed by atoms with Crippen LogP contribution in [0.3, 0.4) is 0 Å². The summed E-state index contributed by atoms with van der Waals surface area (Å²) in [6.07, 6.45) is 0. The highest BCUT2D eigenvalue weighted by molar-refractivity contribution is 6.23. The van der Waals surface area contributed by atoms with Crippen molar-refractivity contribution >= 4 is 38.1 Å². The lowest BCUT2D eigenvalue weighted by atomic mass is 9.95. The van der Waals surface area contributed by atoms with Crippen LogP contribution in [-0.2, 0) is 0 Å². The van der Waals surface area contributed by atoms with Gasteiger partial charge >= 0.3 is 0 Å². The summed E-state index contributed by atoms with van der Waals surface area (Å²) in [4.78, 5) is 0. The maximum absolute atomic E-state index is 2.44. The summed E-state index contributed by atoms with van der Waals surface area (Å²) in [6, 6.07) is 50.7. The molecule has 6 aromatic carbocycles. The van der Waals surface area contributed by atoms with Gasteiger partial charge in [0.2, 0.25) is 0 Å². The molecule has 0 fully saturated rings. The Morgan fingerprint density at radius 2 is 0.784 bits per heavy atom. The summed E-state index contributed by atoms with van der Waals surface area (Å²) in [5.41, 5.74) is 11.3. The molecule has 0 saturated carbocycles. The van der Waals surface area contributed by atoms with Crippen molar-refractivity contribution in [1.82, 2.24) is 4.40 Å². The van der Waals surface area contributed by atoms with Crippen LogP contribution in [0.1, 0.15) is 0 Å². The van der Waals surface area contributed by atoms with E-state index in [0.29, 0.717) is 0 Å². The number of benzene rings is 6. The first-order valence-electron chi connectivity index (χ1n) is 12.8. The minimum atomic E-state index is 1.23. The Kier molecular flexibility index (Phi) is 4.29. The molecule has 0 saturated heterocycles. The molecule has 0 bridgehead atoms. The van der Waals surface area contributed by atoms with E-state index in [9.17, 15) is 0 Å². The van der Waals surface area contributed by atoms with E-state index in [1.54, 1.807) is 0 Å². The van der Waals surface area contributed by atoms with Gasteiger partial charge in [0.05, 0.1) is 16.6 Å². The molecule has 8 rings (SSSR count). The molecular formula is C36H23N. The lowest BCUT2D eigenvalue weighted by molar-refractivity contribution is 1.37. The maximum atomic E-state index is 2.44.